The van der Waals surface area contributed by atoms with Crippen LogP contribution in [0.2, 0.25) is 0 Å². The zero-order valence-corrected chi connectivity index (χ0v) is 16.9. The third kappa shape index (κ3) is 3.56. The highest BCUT2D eigenvalue weighted by atomic mass is 19.1. The van der Waals surface area contributed by atoms with Crippen LogP contribution in [0.1, 0.15) is 53.5 Å². The smallest absolute Gasteiger partial charge is 0.341 e. The lowest BCUT2D eigenvalue weighted by Gasteiger charge is -2.19. The van der Waals surface area contributed by atoms with Crippen LogP contribution < -0.4 is 15.8 Å². The summed E-state index contributed by atoms with van der Waals surface area (Å²) in [6.07, 6.45) is 3.43. The molecule has 4 N–H and O–H groups in total. The van der Waals surface area contributed by atoms with Crippen molar-refractivity contribution >= 4 is 17.4 Å². The molecule has 1 unspecified atom stereocenters. The molecule has 30 heavy (non-hydrogen) atoms. The van der Waals surface area contributed by atoms with E-state index in [2.05, 4.69) is 15.4 Å². The number of fused-ring (bicyclic) bond motifs is 2. The largest absolute Gasteiger partial charge is 0.489 e. The van der Waals surface area contributed by atoms with Crippen molar-refractivity contribution in [3.63, 3.8) is 0 Å². The summed E-state index contributed by atoms with van der Waals surface area (Å²) < 4.78 is 21.7. The standard InChI is InChI=1S/C21H24FN5O3/c1-3-16-18(21(28)29)20-25-17(5-7-27(20)26-16)24-11(2)15-10-13(22)8-12-9-14(4-6-23)30-19(12)15/h5,7-8,10-11,14H,3-4,6,9,23H2,1-2H3,(H,24,25)(H,28,29)/t11-,14?/m1/s1. The summed E-state index contributed by atoms with van der Waals surface area (Å²) in [6, 6.07) is 4.35. The number of aromatic carboxylic acids is 1. The first-order valence-electron chi connectivity index (χ1n) is 9.98. The van der Waals surface area contributed by atoms with Gasteiger partial charge in [-0.2, -0.15) is 5.10 Å². The van der Waals surface area contributed by atoms with Crippen LogP contribution in [0.25, 0.3) is 5.65 Å². The van der Waals surface area contributed by atoms with Gasteiger partial charge in [0.15, 0.2) is 5.65 Å². The summed E-state index contributed by atoms with van der Waals surface area (Å²) in [6.45, 7) is 4.23. The maximum Gasteiger partial charge on any atom is 0.341 e. The van der Waals surface area contributed by atoms with Crippen LogP contribution in [0.15, 0.2) is 24.4 Å². The van der Waals surface area contributed by atoms with Crippen molar-refractivity contribution in [2.75, 3.05) is 11.9 Å². The number of anilines is 1. The molecule has 3 aromatic rings. The van der Waals surface area contributed by atoms with Crippen molar-refractivity contribution in [3.05, 3.63) is 52.6 Å². The Kier molecular flexibility index (Phi) is 5.29. The molecule has 158 valence electrons. The number of hydrogen-bond acceptors (Lipinski definition) is 6. The molecule has 0 amide bonds. The van der Waals surface area contributed by atoms with Gasteiger partial charge in [-0.3, -0.25) is 0 Å². The fourth-order valence-electron chi connectivity index (χ4n) is 3.91. The van der Waals surface area contributed by atoms with Crippen LogP contribution in [-0.2, 0) is 12.8 Å². The van der Waals surface area contributed by atoms with E-state index in [1.165, 1.54) is 16.6 Å². The number of aromatic nitrogens is 3. The van der Waals surface area contributed by atoms with Crippen LogP contribution in [0.5, 0.6) is 5.75 Å². The second kappa shape index (κ2) is 7.91. The number of rotatable bonds is 7. The molecule has 1 aliphatic rings. The quantitative estimate of drug-likeness (QED) is 0.545. The van der Waals surface area contributed by atoms with E-state index in [4.69, 9.17) is 10.5 Å². The van der Waals surface area contributed by atoms with Gasteiger partial charge in [-0.15, -0.1) is 0 Å². The summed E-state index contributed by atoms with van der Waals surface area (Å²) in [5, 5.41) is 17.1. The van der Waals surface area contributed by atoms with Gasteiger partial charge in [0.25, 0.3) is 0 Å². The maximum absolute atomic E-state index is 14.2. The number of nitrogens with two attached hydrogens (primary N) is 1. The molecule has 0 saturated heterocycles. The van der Waals surface area contributed by atoms with Crippen molar-refractivity contribution in [2.45, 2.75) is 45.3 Å². The van der Waals surface area contributed by atoms with Crippen molar-refractivity contribution < 1.29 is 19.0 Å². The van der Waals surface area contributed by atoms with Crippen LogP contribution in [0.4, 0.5) is 10.2 Å². The summed E-state index contributed by atoms with van der Waals surface area (Å²) >= 11 is 0. The number of halogens is 1. The monoisotopic (exact) mass is 413 g/mol. The zero-order chi connectivity index (χ0) is 21.4. The third-order valence-electron chi connectivity index (χ3n) is 5.32. The van der Waals surface area contributed by atoms with Gasteiger partial charge in [-0.1, -0.05) is 6.92 Å². The molecule has 4 rings (SSSR count). The first-order valence-corrected chi connectivity index (χ1v) is 9.98. The molecule has 0 saturated carbocycles. The second-order valence-electron chi connectivity index (χ2n) is 7.43. The number of nitrogens with one attached hydrogen (secondary N) is 1. The molecule has 0 aliphatic carbocycles. The Balaban J connectivity index is 1.65. The number of carbonyl (C=O) groups is 1. The highest BCUT2D eigenvalue weighted by Crippen LogP contribution is 2.38. The van der Waals surface area contributed by atoms with E-state index in [-0.39, 0.29) is 29.2 Å². The number of benzene rings is 1. The SMILES string of the molecule is CCc1nn2ccc(N[C@H](C)c3cc(F)cc4c3OC(CCN)C4)nc2c1C(=O)O. The number of nitrogens with zero attached hydrogens (tertiary/aromatic N) is 3. The Labute approximate surface area is 172 Å². The van der Waals surface area contributed by atoms with Gasteiger partial charge in [-0.25, -0.2) is 18.7 Å². The summed E-state index contributed by atoms with van der Waals surface area (Å²) in [5.74, 6) is -0.245. The summed E-state index contributed by atoms with van der Waals surface area (Å²) in [4.78, 5) is 16.1. The molecule has 0 spiro atoms. The van der Waals surface area contributed by atoms with Gasteiger partial charge in [0, 0.05) is 23.7 Å². The number of aryl methyl sites for hydroxylation is 1. The molecule has 1 aliphatic heterocycles. The van der Waals surface area contributed by atoms with Gasteiger partial charge in [0.2, 0.25) is 0 Å². The fourth-order valence-corrected chi connectivity index (χ4v) is 3.91. The first-order chi connectivity index (χ1) is 14.4. The topological polar surface area (TPSA) is 115 Å². The second-order valence-corrected chi connectivity index (χ2v) is 7.43. The van der Waals surface area contributed by atoms with Crippen LogP contribution in [0.3, 0.4) is 0 Å². The molecule has 1 aromatic carbocycles. The van der Waals surface area contributed by atoms with Gasteiger partial charge in [0.05, 0.1) is 11.7 Å². The molecule has 8 nitrogen and oxygen atoms in total. The first kappa shape index (κ1) is 20.1. The predicted octanol–water partition coefficient (Wildman–Crippen LogP) is 2.95. The van der Waals surface area contributed by atoms with Gasteiger partial charge >= 0.3 is 5.97 Å². The van der Waals surface area contributed by atoms with E-state index in [0.29, 0.717) is 48.6 Å². The number of carboxylic acid groups (broad SMARTS) is 1. The lowest BCUT2D eigenvalue weighted by atomic mass is 10.0. The highest BCUT2D eigenvalue weighted by molar-refractivity contribution is 5.96. The van der Waals surface area contributed by atoms with Crippen molar-refractivity contribution in [1.82, 2.24) is 14.6 Å². The third-order valence-corrected chi connectivity index (χ3v) is 5.32. The number of hydrogen-bond donors (Lipinski definition) is 3. The van der Waals surface area contributed by atoms with Crippen molar-refractivity contribution in [3.8, 4) is 5.75 Å². The lowest BCUT2D eigenvalue weighted by molar-refractivity contribution is 0.0697. The average molecular weight is 413 g/mol. The summed E-state index contributed by atoms with van der Waals surface area (Å²) in [7, 11) is 0. The van der Waals surface area contributed by atoms with Crippen LogP contribution in [0, 0.1) is 5.82 Å². The molecular weight excluding hydrogens is 389 g/mol. The van der Waals surface area contributed by atoms with E-state index in [1.807, 2.05) is 13.8 Å². The minimum Gasteiger partial charge on any atom is -0.489 e. The summed E-state index contributed by atoms with van der Waals surface area (Å²) in [5.41, 5.74) is 7.99. The van der Waals surface area contributed by atoms with Gasteiger partial charge in [-0.05, 0) is 44.5 Å². The Hall–Kier alpha value is -3.20. The Bertz CT molecular complexity index is 1110. The minimum atomic E-state index is -1.07. The normalized spacial score (nSPS) is 16.3. The average Bonchev–Trinajstić information content (AvgIpc) is 3.27. The molecule has 0 radical (unpaired) electrons. The van der Waals surface area contributed by atoms with Crippen molar-refractivity contribution in [1.29, 1.82) is 0 Å². The molecule has 3 heterocycles. The van der Waals surface area contributed by atoms with E-state index < -0.39 is 5.97 Å². The van der Waals surface area contributed by atoms with E-state index in [0.717, 1.165) is 5.56 Å². The molecular formula is C21H24FN5O3. The van der Waals surface area contributed by atoms with Gasteiger partial charge < -0.3 is 20.9 Å². The van der Waals surface area contributed by atoms with E-state index in [1.54, 1.807) is 12.3 Å². The predicted molar refractivity (Wildman–Crippen MR) is 110 cm³/mol. The maximum atomic E-state index is 14.2. The molecule has 9 heteroatoms. The fraction of sp³-hybridized carbons (Fsp3) is 0.381. The van der Waals surface area contributed by atoms with E-state index in [9.17, 15) is 14.3 Å². The Morgan fingerprint density at radius 2 is 2.30 bits per heavy atom. The Morgan fingerprint density at radius 3 is 3.00 bits per heavy atom. The number of carboxylic acids is 1. The molecule has 0 bridgehead atoms. The molecule has 2 atom stereocenters. The molecule has 0 fully saturated rings. The van der Waals surface area contributed by atoms with Crippen molar-refractivity contribution in [2.24, 2.45) is 5.73 Å². The highest BCUT2D eigenvalue weighted by Gasteiger charge is 2.28. The zero-order valence-electron chi connectivity index (χ0n) is 16.9. The van der Waals surface area contributed by atoms with Crippen LogP contribution >= 0.6 is 0 Å². The number of ether oxygens (including phenoxy) is 1. The van der Waals surface area contributed by atoms with E-state index >= 15 is 0 Å². The Morgan fingerprint density at radius 1 is 1.50 bits per heavy atom. The lowest BCUT2D eigenvalue weighted by Crippen LogP contribution is -2.18. The minimum absolute atomic E-state index is 0.0513. The van der Waals surface area contributed by atoms with Gasteiger partial charge in [0.1, 0.15) is 29.1 Å². The molecule has 2 aromatic heterocycles. The van der Waals surface area contributed by atoms with Crippen LogP contribution in [-0.4, -0.2) is 38.3 Å².